The second kappa shape index (κ2) is 7.74. The van der Waals surface area contributed by atoms with Gasteiger partial charge in [0.1, 0.15) is 23.9 Å². The van der Waals surface area contributed by atoms with E-state index < -0.39 is 0 Å². The Bertz CT molecular complexity index is 805. The summed E-state index contributed by atoms with van der Waals surface area (Å²) in [4.78, 5) is 15.6. The summed E-state index contributed by atoms with van der Waals surface area (Å²) in [5, 5.41) is 2.76. The number of hydrogen-bond acceptors (Lipinski definition) is 5. The summed E-state index contributed by atoms with van der Waals surface area (Å²) >= 11 is 0. The van der Waals surface area contributed by atoms with Gasteiger partial charge in [0.15, 0.2) is 0 Å². The average Bonchev–Trinajstić information content (AvgIpc) is 2.58. The van der Waals surface area contributed by atoms with Crippen LogP contribution in [0.2, 0.25) is 0 Å². The lowest BCUT2D eigenvalue weighted by Gasteiger charge is -2.23. The topological polar surface area (TPSA) is 86.5 Å². The molecule has 1 aliphatic rings. The molecule has 1 aromatic heterocycles. The van der Waals surface area contributed by atoms with Crippen LogP contribution < -0.4 is 20.5 Å². The number of fused-ring (bicyclic) bond motifs is 3. The molecular weight excluding hydrogens is 330 g/mol. The third kappa shape index (κ3) is 4.14. The maximum Gasteiger partial charge on any atom is 0.222 e. The summed E-state index contributed by atoms with van der Waals surface area (Å²) in [7, 11) is 0. The summed E-state index contributed by atoms with van der Waals surface area (Å²) in [5.74, 6) is 2.33. The second-order valence-corrected chi connectivity index (χ2v) is 6.94. The predicted octanol–water partition coefficient (Wildman–Crippen LogP) is 3.35. The van der Waals surface area contributed by atoms with E-state index >= 15 is 0 Å². The van der Waals surface area contributed by atoms with E-state index in [4.69, 9.17) is 15.2 Å². The van der Waals surface area contributed by atoms with Gasteiger partial charge in [0.25, 0.3) is 0 Å². The van der Waals surface area contributed by atoms with Crippen molar-refractivity contribution in [3.8, 4) is 22.6 Å². The van der Waals surface area contributed by atoms with E-state index in [0.717, 1.165) is 34.6 Å². The van der Waals surface area contributed by atoms with Gasteiger partial charge in [0, 0.05) is 36.4 Å². The number of rotatable bonds is 6. The molecule has 6 heteroatoms. The molecule has 1 aromatic carbocycles. The Balaban J connectivity index is 1.79. The number of nitrogens with two attached hydrogens (primary N) is 1. The van der Waals surface area contributed by atoms with Crippen LogP contribution in [0.5, 0.6) is 11.5 Å². The molecule has 0 spiro atoms. The van der Waals surface area contributed by atoms with Gasteiger partial charge in [0.05, 0.1) is 6.61 Å². The molecule has 1 aliphatic heterocycles. The van der Waals surface area contributed by atoms with Gasteiger partial charge in [-0.15, -0.1) is 0 Å². The van der Waals surface area contributed by atoms with E-state index in [1.165, 1.54) is 6.92 Å². The van der Waals surface area contributed by atoms with Gasteiger partial charge in [-0.1, -0.05) is 6.92 Å². The number of nitrogens with one attached hydrogen (secondary N) is 1. The number of anilines is 1. The highest BCUT2D eigenvalue weighted by Gasteiger charge is 2.21. The molecule has 138 valence electrons. The number of ether oxygens (including phenoxy) is 2. The first kappa shape index (κ1) is 18.2. The number of carbonyl (C=O) groups is 1. The molecule has 0 bridgehead atoms. The van der Waals surface area contributed by atoms with Crippen molar-refractivity contribution in [1.29, 1.82) is 0 Å². The number of benzene rings is 1. The van der Waals surface area contributed by atoms with Crippen molar-refractivity contribution in [3.63, 3.8) is 0 Å². The third-order valence-electron chi connectivity index (χ3n) is 4.27. The highest BCUT2D eigenvalue weighted by atomic mass is 16.5. The van der Waals surface area contributed by atoms with Crippen molar-refractivity contribution in [2.24, 2.45) is 11.7 Å². The summed E-state index contributed by atoms with van der Waals surface area (Å²) in [5.41, 5.74) is 8.70. The van der Waals surface area contributed by atoms with Crippen LogP contribution >= 0.6 is 0 Å². The summed E-state index contributed by atoms with van der Waals surface area (Å²) in [6, 6.07) is 7.94. The zero-order valence-corrected chi connectivity index (χ0v) is 15.4. The molecule has 3 N–H and O–H groups in total. The molecule has 0 fully saturated rings. The van der Waals surface area contributed by atoms with Gasteiger partial charge < -0.3 is 20.5 Å². The molecular formula is C20H25N3O3. The van der Waals surface area contributed by atoms with Crippen molar-refractivity contribution in [2.75, 3.05) is 11.9 Å². The SMILES string of the molecule is CC(=O)Nc1nccc2c1COc1cc(OCC(C)CC(C)N)ccc1-2. The normalized spacial score (nSPS) is 14.5. The Kier molecular flexibility index (Phi) is 5.42. The van der Waals surface area contributed by atoms with Crippen LogP contribution in [0.15, 0.2) is 30.5 Å². The molecule has 2 atom stereocenters. The van der Waals surface area contributed by atoms with Gasteiger partial charge >= 0.3 is 0 Å². The zero-order chi connectivity index (χ0) is 18.7. The van der Waals surface area contributed by atoms with E-state index in [9.17, 15) is 4.79 Å². The summed E-state index contributed by atoms with van der Waals surface area (Å²) in [6.07, 6.45) is 2.62. The molecule has 0 saturated heterocycles. The fourth-order valence-corrected chi connectivity index (χ4v) is 3.19. The number of aromatic nitrogens is 1. The smallest absolute Gasteiger partial charge is 0.222 e. The Morgan fingerprint density at radius 2 is 2.15 bits per heavy atom. The van der Waals surface area contributed by atoms with Crippen LogP contribution in [-0.4, -0.2) is 23.5 Å². The van der Waals surface area contributed by atoms with Crippen LogP contribution in [0, 0.1) is 5.92 Å². The summed E-state index contributed by atoms with van der Waals surface area (Å²) < 4.78 is 11.8. The van der Waals surface area contributed by atoms with E-state index in [1.807, 2.05) is 31.2 Å². The van der Waals surface area contributed by atoms with Crippen molar-refractivity contribution in [3.05, 3.63) is 36.0 Å². The van der Waals surface area contributed by atoms with Crippen LogP contribution in [0.1, 0.15) is 32.8 Å². The van der Waals surface area contributed by atoms with Gasteiger partial charge in [-0.2, -0.15) is 0 Å². The molecule has 2 unspecified atom stereocenters. The van der Waals surface area contributed by atoms with Crippen LogP contribution in [0.25, 0.3) is 11.1 Å². The van der Waals surface area contributed by atoms with Gasteiger partial charge in [-0.3, -0.25) is 4.79 Å². The van der Waals surface area contributed by atoms with E-state index in [2.05, 4.69) is 17.2 Å². The summed E-state index contributed by atoms with van der Waals surface area (Å²) in [6.45, 7) is 6.58. The van der Waals surface area contributed by atoms with E-state index in [-0.39, 0.29) is 11.9 Å². The van der Waals surface area contributed by atoms with Gasteiger partial charge in [0.2, 0.25) is 5.91 Å². The first-order valence-electron chi connectivity index (χ1n) is 8.85. The Hall–Kier alpha value is -2.60. The molecule has 6 nitrogen and oxygen atoms in total. The number of carbonyl (C=O) groups excluding carboxylic acids is 1. The Morgan fingerprint density at radius 3 is 2.88 bits per heavy atom. The largest absolute Gasteiger partial charge is 0.493 e. The van der Waals surface area contributed by atoms with Gasteiger partial charge in [-0.05, 0) is 43.0 Å². The third-order valence-corrected chi connectivity index (χ3v) is 4.27. The average molecular weight is 355 g/mol. The minimum atomic E-state index is -0.152. The molecule has 0 saturated carbocycles. The highest BCUT2D eigenvalue weighted by Crippen LogP contribution is 2.41. The first-order chi connectivity index (χ1) is 12.4. The molecule has 26 heavy (non-hydrogen) atoms. The van der Waals surface area contributed by atoms with Crippen molar-refractivity contribution >= 4 is 11.7 Å². The molecule has 2 heterocycles. The van der Waals surface area contributed by atoms with Crippen molar-refractivity contribution in [1.82, 2.24) is 4.98 Å². The monoisotopic (exact) mass is 355 g/mol. The second-order valence-electron chi connectivity index (χ2n) is 6.94. The maximum absolute atomic E-state index is 11.4. The number of amides is 1. The quantitative estimate of drug-likeness (QED) is 0.830. The van der Waals surface area contributed by atoms with Gasteiger partial charge in [-0.25, -0.2) is 4.98 Å². The Labute approximate surface area is 153 Å². The lowest BCUT2D eigenvalue weighted by Crippen LogP contribution is -2.21. The number of nitrogens with zero attached hydrogens (tertiary/aromatic N) is 1. The Morgan fingerprint density at radius 1 is 1.35 bits per heavy atom. The minimum Gasteiger partial charge on any atom is -0.493 e. The van der Waals surface area contributed by atoms with Crippen LogP contribution in [-0.2, 0) is 11.4 Å². The fraction of sp³-hybridized carbons (Fsp3) is 0.400. The predicted molar refractivity (Wildman–Crippen MR) is 101 cm³/mol. The standard InChI is InChI=1S/C20H25N3O3/c1-12(8-13(2)21)10-25-15-4-5-17-16-6-7-22-20(23-14(3)24)18(16)11-26-19(17)9-15/h4-7,9,12-13H,8,10-11,21H2,1-3H3,(H,22,23,24). The van der Waals surface area contributed by atoms with E-state index in [0.29, 0.717) is 24.9 Å². The van der Waals surface area contributed by atoms with Crippen molar-refractivity contribution in [2.45, 2.75) is 39.8 Å². The molecule has 2 aromatic rings. The molecule has 3 rings (SSSR count). The van der Waals surface area contributed by atoms with Crippen molar-refractivity contribution < 1.29 is 14.3 Å². The number of pyridine rings is 1. The molecule has 0 aliphatic carbocycles. The molecule has 0 radical (unpaired) electrons. The lowest BCUT2D eigenvalue weighted by molar-refractivity contribution is -0.114. The highest BCUT2D eigenvalue weighted by molar-refractivity contribution is 5.90. The van der Waals surface area contributed by atoms with Crippen LogP contribution in [0.4, 0.5) is 5.82 Å². The van der Waals surface area contributed by atoms with Crippen LogP contribution in [0.3, 0.4) is 0 Å². The maximum atomic E-state index is 11.4. The van der Waals surface area contributed by atoms with E-state index in [1.54, 1.807) is 6.20 Å². The molecule has 1 amide bonds. The number of hydrogen-bond donors (Lipinski definition) is 2. The fourth-order valence-electron chi connectivity index (χ4n) is 3.19. The lowest BCUT2D eigenvalue weighted by atomic mass is 9.98. The zero-order valence-electron chi connectivity index (χ0n) is 15.4. The first-order valence-corrected chi connectivity index (χ1v) is 8.85. The minimum absolute atomic E-state index is 0.152.